The molecule has 12 nitrogen and oxygen atoms in total. The normalized spacial score (nSPS) is 15.3. The molecule has 0 heterocycles. The van der Waals surface area contributed by atoms with Crippen molar-refractivity contribution in [2.24, 2.45) is 17.4 Å². The third-order valence-electron chi connectivity index (χ3n) is 5.34. The number of thioether (sulfide) groups is 1. The number of nitrogens with two attached hydrogens (primary N) is 2. The summed E-state index contributed by atoms with van der Waals surface area (Å²) < 4.78 is 0. The lowest BCUT2D eigenvalue weighted by molar-refractivity contribution is -0.144. The highest BCUT2D eigenvalue weighted by atomic mass is 32.2. The van der Waals surface area contributed by atoms with Crippen LogP contribution < -0.4 is 27.4 Å². The molecule has 0 fully saturated rings. The van der Waals surface area contributed by atoms with E-state index in [1.807, 2.05) is 6.26 Å². The maximum atomic E-state index is 12.9. The molecule has 0 aromatic rings. The largest absolute Gasteiger partial charge is 0.481 e. The van der Waals surface area contributed by atoms with Gasteiger partial charge in [0.25, 0.3) is 0 Å². The highest BCUT2D eigenvalue weighted by Crippen LogP contribution is 2.09. The third kappa shape index (κ3) is 12.2. The number of carboxylic acid groups (broad SMARTS) is 2. The van der Waals surface area contributed by atoms with Crippen molar-refractivity contribution in [3.63, 3.8) is 0 Å². The predicted octanol–water partition coefficient (Wildman–Crippen LogP) is -0.744. The first-order valence-electron chi connectivity index (χ1n) is 11.3. The van der Waals surface area contributed by atoms with E-state index in [2.05, 4.69) is 16.0 Å². The Kier molecular flexibility index (Phi) is 15.9. The van der Waals surface area contributed by atoms with Crippen LogP contribution in [0.15, 0.2) is 0 Å². The number of rotatable bonds is 18. The van der Waals surface area contributed by atoms with Crippen LogP contribution in [0.3, 0.4) is 0 Å². The summed E-state index contributed by atoms with van der Waals surface area (Å²) in [5, 5.41) is 25.8. The molecule has 0 radical (unpaired) electrons. The minimum absolute atomic E-state index is 0.223. The lowest BCUT2D eigenvalue weighted by Gasteiger charge is -2.26. The van der Waals surface area contributed by atoms with E-state index in [0.29, 0.717) is 38.0 Å². The quantitative estimate of drug-likeness (QED) is 0.116. The topological polar surface area (TPSA) is 214 Å². The number of carboxylic acids is 2. The smallest absolute Gasteiger partial charge is 0.326 e. The van der Waals surface area contributed by atoms with Gasteiger partial charge in [-0.1, -0.05) is 26.7 Å². The molecule has 3 amide bonds. The van der Waals surface area contributed by atoms with Crippen molar-refractivity contribution in [3.8, 4) is 0 Å². The van der Waals surface area contributed by atoms with E-state index in [4.69, 9.17) is 11.5 Å². The van der Waals surface area contributed by atoms with Crippen LogP contribution in [0.25, 0.3) is 0 Å². The Hall–Kier alpha value is -2.38. The van der Waals surface area contributed by atoms with Gasteiger partial charge >= 0.3 is 11.9 Å². The Balaban J connectivity index is 5.44. The maximum absolute atomic E-state index is 12.9. The molecule has 196 valence electrons. The van der Waals surface area contributed by atoms with E-state index in [1.165, 1.54) is 11.8 Å². The van der Waals surface area contributed by atoms with Gasteiger partial charge in [0.1, 0.15) is 18.1 Å². The van der Waals surface area contributed by atoms with Gasteiger partial charge < -0.3 is 37.6 Å². The SMILES string of the molecule is CCC(C)C(NC(=O)C(CC(=O)O)NC(=O)C(CCSC)NC(=O)C(N)CCCCN)C(=O)O. The van der Waals surface area contributed by atoms with Crippen LogP contribution in [0.4, 0.5) is 0 Å². The van der Waals surface area contributed by atoms with Gasteiger partial charge in [0, 0.05) is 0 Å². The molecule has 0 aliphatic rings. The van der Waals surface area contributed by atoms with E-state index in [0.717, 1.165) is 0 Å². The first kappa shape index (κ1) is 31.6. The van der Waals surface area contributed by atoms with Gasteiger partial charge in [-0.15, -0.1) is 0 Å². The molecule has 0 spiro atoms. The minimum Gasteiger partial charge on any atom is -0.481 e. The molecular formula is C21H39N5O7S. The standard InChI is InChI=1S/C21H39N5O7S/c1-4-12(2)17(21(32)33)26-20(31)15(11-16(27)28)25-19(30)14(8-10-34-3)24-18(29)13(23)7-5-6-9-22/h12-15,17H,4-11,22-23H2,1-3H3,(H,24,29)(H,25,30)(H,26,31)(H,27,28)(H,32,33). The van der Waals surface area contributed by atoms with E-state index < -0.39 is 66.2 Å². The second-order valence-electron chi connectivity index (χ2n) is 8.10. The zero-order valence-corrected chi connectivity index (χ0v) is 20.9. The molecule has 13 heteroatoms. The van der Waals surface area contributed by atoms with Gasteiger partial charge in [0.2, 0.25) is 17.7 Å². The molecule has 0 bridgehead atoms. The van der Waals surface area contributed by atoms with E-state index in [9.17, 15) is 34.2 Å². The summed E-state index contributed by atoms with van der Waals surface area (Å²) in [6, 6.07) is -4.66. The van der Waals surface area contributed by atoms with Crippen LogP contribution in [0.1, 0.15) is 52.4 Å². The van der Waals surface area contributed by atoms with Crippen molar-refractivity contribution >= 4 is 41.4 Å². The molecule has 0 rings (SSSR count). The Labute approximate surface area is 204 Å². The number of aliphatic carboxylic acids is 2. The monoisotopic (exact) mass is 505 g/mol. The predicted molar refractivity (Wildman–Crippen MR) is 129 cm³/mol. The van der Waals surface area contributed by atoms with E-state index >= 15 is 0 Å². The van der Waals surface area contributed by atoms with Gasteiger partial charge in [0.15, 0.2) is 0 Å². The number of amides is 3. The summed E-state index contributed by atoms with van der Waals surface area (Å²) in [6.07, 6.45) is 3.48. The van der Waals surface area contributed by atoms with Crippen molar-refractivity contribution in [1.29, 1.82) is 0 Å². The van der Waals surface area contributed by atoms with Gasteiger partial charge in [0.05, 0.1) is 12.5 Å². The Morgan fingerprint density at radius 2 is 1.50 bits per heavy atom. The van der Waals surface area contributed by atoms with Crippen molar-refractivity contribution in [2.75, 3.05) is 18.6 Å². The highest BCUT2D eigenvalue weighted by Gasteiger charge is 2.32. The first-order valence-corrected chi connectivity index (χ1v) is 12.7. The van der Waals surface area contributed by atoms with Crippen LogP contribution in [-0.2, 0) is 24.0 Å². The van der Waals surface area contributed by atoms with Gasteiger partial charge in [-0.25, -0.2) is 4.79 Å². The number of hydrogen-bond donors (Lipinski definition) is 7. The van der Waals surface area contributed by atoms with Crippen LogP contribution >= 0.6 is 11.8 Å². The van der Waals surface area contributed by atoms with E-state index in [-0.39, 0.29) is 6.42 Å². The lowest BCUT2D eigenvalue weighted by atomic mass is 9.98. The fraction of sp³-hybridized carbons (Fsp3) is 0.762. The summed E-state index contributed by atoms with van der Waals surface area (Å²) in [7, 11) is 0. The summed E-state index contributed by atoms with van der Waals surface area (Å²) in [5.74, 6) is -4.77. The molecule has 34 heavy (non-hydrogen) atoms. The number of carbonyl (C=O) groups excluding carboxylic acids is 3. The van der Waals surface area contributed by atoms with Crippen LogP contribution in [0, 0.1) is 5.92 Å². The third-order valence-corrected chi connectivity index (χ3v) is 5.98. The molecule has 0 aromatic heterocycles. The van der Waals surface area contributed by atoms with Crippen molar-refractivity contribution in [1.82, 2.24) is 16.0 Å². The van der Waals surface area contributed by atoms with Crippen molar-refractivity contribution in [3.05, 3.63) is 0 Å². The molecule has 5 unspecified atom stereocenters. The lowest BCUT2D eigenvalue weighted by Crippen LogP contribution is -2.58. The van der Waals surface area contributed by atoms with Gasteiger partial charge in [-0.2, -0.15) is 11.8 Å². The second-order valence-corrected chi connectivity index (χ2v) is 9.09. The number of hydrogen-bond acceptors (Lipinski definition) is 8. The Morgan fingerprint density at radius 3 is 2.00 bits per heavy atom. The highest BCUT2D eigenvalue weighted by molar-refractivity contribution is 7.98. The van der Waals surface area contributed by atoms with E-state index in [1.54, 1.807) is 13.8 Å². The first-order chi connectivity index (χ1) is 16.0. The van der Waals surface area contributed by atoms with Gasteiger partial charge in [-0.3, -0.25) is 19.2 Å². The average molecular weight is 506 g/mol. The summed E-state index contributed by atoms with van der Waals surface area (Å²) in [5.41, 5.74) is 11.3. The second kappa shape index (κ2) is 17.1. The fourth-order valence-electron chi connectivity index (χ4n) is 3.02. The summed E-state index contributed by atoms with van der Waals surface area (Å²) in [4.78, 5) is 60.8. The number of unbranched alkanes of at least 4 members (excludes halogenated alkanes) is 1. The number of nitrogens with one attached hydrogen (secondary N) is 3. The molecule has 9 N–H and O–H groups in total. The Morgan fingerprint density at radius 1 is 0.912 bits per heavy atom. The summed E-state index contributed by atoms with van der Waals surface area (Å²) >= 11 is 1.44. The van der Waals surface area contributed by atoms with Crippen LogP contribution in [-0.4, -0.2) is 82.6 Å². The zero-order chi connectivity index (χ0) is 26.3. The molecule has 0 aliphatic heterocycles. The molecule has 5 atom stereocenters. The molecule has 0 aliphatic carbocycles. The minimum atomic E-state index is -1.53. The van der Waals surface area contributed by atoms with Crippen molar-refractivity contribution in [2.45, 2.75) is 76.5 Å². The molecule has 0 saturated carbocycles. The maximum Gasteiger partial charge on any atom is 0.326 e. The van der Waals surface area contributed by atoms with Crippen molar-refractivity contribution < 1.29 is 34.2 Å². The molecular weight excluding hydrogens is 466 g/mol. The average Bonchev–Trinajstić information content (AvgIpc) is 2.78. The van der Waals surface area contributed by atoms with Gasteiger partial charge in [-0.05, 0) is 43.7 Å². The summed E-state index contributed by atoms with van der Waals surface area (Å²) in [6.45, 7) is 3.86. The fourth-order valence-corrected chi connectivity index (χ4v) is 3.49. The Bertz CT molecular complexity index is 694. The molecule has 0 aromatic carbocycles. The molecule has 0 saturated heterocycles. The van der Waals surface area contributed by atoms with Crippen LogP contribution in [0.5, 0.6) is 0 Å². The number of carbonyl (C=O) groups is 5. The van der Waals surface area contributed by atoms with Crippen LogP contribution in [0.2, 0.25) is 0 Å². The zero-order valence-electron chi connectivity index (χ0n) is 20.0.